The van der Waals surface area contributed by atoms with Crippen molar-refractivity contribution in [1.82, 2.24) is 0 Å². The lowest BCUT2D eigenvalue weighted by molar-refractivity contribution is 0.0924. The second-order valence-electron chi connectivity index (χ2n) is 6.07. The van der Waals surface area contributed by atoms with Gasteiger partial charge in [-0.15, -0.1) is 0 Å². The molecule has 1 fully saturated rings. The quantitative estimate of drug-likeness (QED) is 0.276. The molecule has 1 aliphatic carbocycles. The Hall–Kier alpha value is -2.17. The van der Waals surface area contributed by atoms with Gasteiger partial charge in [0.1, 0.15) is 11.9 Å². The second kappa shape index (κ2) is 9.21. The summed E-state index contributed by atoms with van der Waals surface area (Å²) in [5, 5.41) is 0. The summed E-state index contributed by atoms with van der Waals surface area (Å²) in [4.78, 5) is 34.8. The fourth-order valence-electron chi connectivity index (χ4n) is 2.34. The minimum atomic E-state index is -0.830. The fraction of sp³-hybridized carbons (Fsp3) is 0.526. The molecule has 0 bridgehead atoms. The summed E-state index contributed by atoms with van der Waals surface area (Å²) in [6, 6.07) is 4.43. The van der Waals surface area contributed by atoms with E-state index in [4.69, 9.17) is 9.47 Å². The third kappa shape index (κ3) is 5.80. The van der Waals surface area contributed by atoms with E-state index in [1.54, 1.807) is 12.4 Å². The average molecular weight is 331 g/mol. The summed E-state index contributed by atoms with van der Waals surface area (Å²) in [7, 11) is 0. The first-order valence-electron chi connectivity index (χ1n) is 8.58. The third-order valence-electron chi connectivity index (χ3n) is 3.90. The molecular formula is C19H23O5. The van der Waals surface area contributed by atoms with Gasteiger partial charge in [0, 0.05) is 12.0 Å². The molecule has 24 heavy (non-hydrogen) atoms. The number of benzene rings is 1. The van der Waals surface area contributed by atoms with Gasteiger partial charge in [0.15, 0.2) is 5.78 Å². The largest absolute Gasteiger partial charge is 0.514 e. The van der Waals surface area contributed by atoms with Gasteiger partial charge in [-0.25, -0.2) is 4.79 Å². The standard InChI is InChI=1S/C19H23O5/c1-2-3-4-5-6-7-17(21)14-8-11-18(15(12-14)13-20)24-19(22)23-16-9-10-16/h8,11-12,16H,2-7,9-10H2,1H3. The molecule has 1 aliphatic rings. The van der Waals surface area contributed by atoms with Crippen molar-refractivity contribution in [2.45, 2.75) is 64.4 Å². The Morgan fingerprint density at radius 3 is 2.58 bits per heavy atom. The number of carbonyl (C=O) groups is 2. The molecule has 5 heteroatoms. The minimum Gasteiger partial charge on any atom is -0.431 e. The molecule has 0 N–H and O–H groups in total. The number of Topliss-reactive ketones (excluding diaryl/α,β-unsaturated/α-hetero) is 1. The lowest BCUT2D eigenvalue weighted by Crippen LogP contribution is -2.13. The Morgan fingerprint density at radius 1 is 1.17 bits per heavy atom. The van der Waals surface area contributed by atoms with Crippen molar-refractivity contribution in [3.63, 3.8) is 0 Å². The first-order chi connectivity index (χ1) is 11.6. The van der Waals surface area contributed by atoms with Gasteiger partial charge in [-0.1, -0.05) is 32.6 Å². The van der Waals surface area contributed by atoms with Crippen LogP contribution in [0.15, 0.2) is 18.2 Å². The van der Waals surface area contributed by atoms with E-state index >= 15 is 0 Å². The van der Waals surface area contributed by atoms with Crippen LogP contribution in [0.5, 0.6) is 5.75 Å². The van der Waals surface area contributed by atoms with Crippen LogP contribution in [0.25, 0.3) is 0 Å². The molecule has 1 aromatic rings. The molecule has 0 aromatic heterocycles. The molecule has 0 heterocycles. The molecular weight excluding hydrogens is 308 g/mol. The molecule has 129 valence electrons. The van der Waals surface area contributed by atoms with Crippen LogP contribution in [0.1, 0.15) is 74.2 Å². The Balaban J connectivity index is 1.90. The smallest absolute Gasteiger partial charge is 0.431 e. The van der Waals surface area contributed by atoms with Crippen LogP contribution in [0, 0.1) is 0 Å². The van der Waals surface area contributed by atoms with E-state index in [0.717, 1.165) is 38.5 Å². The highest BCUT2D eigenvalue weighted by molar-refractivity contribution is 5.98. The maximum absolute atomic E-state index is 12.2. The van der Waals surface area contributed by atoms with Crippen molar-refractivity contribution in [2.75, 3.05) is 0 Å². The molecule has 0 amide bonds. The zero-order chi connectivity index (χ0) is 17.4. The van der Waals surface area contributed by atoms with Gasteiger partial charge in [-0.2, -0.15) is 0 Å². The molecule has 0 atom stereocenters. The normalized spacial score (nSPS) is 13.4. The summed E-state index contributed by atoms with van der Waals surface area (Å²) in [5.41, 5.74) is 0.492. The Morgan fingerprint density at radius 2 is 1.92 bits per heavy atom. The van der Waals surface area contributed by atoms with E-state index in [1.807, 2.05) is 0 Å². The van der Waals surface area contributed by atoms with Crippen molar-refractivity contribution in [3.8, 4) is 5.75 Å². The van der Waals surface area contributed by atoms with Crippen LogP contribution in [-0.4, -0.2) is 24.3 Å². The number of carbonyl (C=O) groups excluding carboxylic acids is 3. The molecule has 5 nitrogen and oxygen atoms in total. The average Bonchev–Trinajstić information content (AvgIpc) is 3.38. The summed E-state index contributed by atoms with van der Waals surface area (Å²) in [6.07, 6.45) is 8.29. The minimum absolute atomic E-state index is 0.0184. The van der Waals surface area contributed by atoms with E-state index in [0.29, 0.717) is 12.0 Å². The summed E-state index contributed by atoms with van der Waals surface area (Å²) in [5.74, 6) is 0.0465. The predicted octanol–water partition coefficient (Wildman–Crippen LogP) is 4.37. The van der Waals surface area contributed by atoms with Gasteiger partial charge in [-0.3, -0.25) is 9.59 Å². The molecule has 0 aliphatic heterocycles. The summed E-state index contributed by atoms with van der Waals surface area (Å²) < 4.78 is 9.98. The lowest BCUT2D eigenvalue weighted by Gasteiger charge is -2.08. The van der Waals surface area contributed by atoms with Crippen LogP contribution >= 0.6 is 0 Å². The van der Waals surface area contributed by atoms with Gasteiger partial charge < -0.3 is 9.47 Å². The van der Waals surface area contributed by atoms with Gasteiger partial charge in [0.25, 0.3) is 0 Å². The Kier molecular flexibility index (Phi) is 6.97. The number of rotatable bonds is 10. The van der Waals surface area contributed by atoms with Crippen molar-refractivity contribution in [2.24, 2.45) is 0 Å². The van der Waals surface area contributed by atoms with Gasteiger partial charge in [0.2, 0.25) is 6.29 Å². The molecule has 0 spiro atoms. The van der Waals surface area contributed by atoms with Gasteiger partial charge >= 0.3 is 6.16 Å². The SMILES string of the molecule is CCCCCCCC(=O)c1ccc(OC(=O)OC2CC2)c([C]=O)c1. The van der Waals surface area contributed by atoms with Crippen LogP contribution in [0.4, 0.5) is 4.79 Å². The number of hydrogen-bond acceptors (Lipinski definition) is 5. The number of hydrogen-bond donors (Lipinski definition) is 0. The summed E-state index contributed by atoms with van der Waals surface area (Å²) in [6.45, 7) is 2.15. The maximum Gasteiger partial charge on any atom is 0.514 e. The van der Waals surface area contributed by atoms with Crippen LogP contribution in [-0.2, 0) is 9.53 Å². The predicted molar refractivity (Wildman–Crippen MR) is 89.1 cm³/mol. The molecule has 0 saturated heterocycles. The van der Waals surface area contributed by atoms with E-state index in [-0.39, 0.29) is 23.2 Å². The van der Waals surface area contributed by atoms with Crippen molar-refractivity contribution in [3.05, 3.63) is 29.3 Å². The topological polar surface area (TPSA) is 69.7 Å². The van der Waals surface area contributed by atoms with Gasteiger partial charge in [-0.05, 0) is 37.5 Å². The van der Waals surface area contributed by atoms with E-state index in [9.17, 15) is 14.4 Å². The zero-order valence-corrected chi connectivity index (χ0v) is 14.0. The highest BCUT2D eigenvalue weighted by Gasteiger charge is 2.27. The molecule has 1 saturated carbocycles. The summed E-state index contributed by atoms with van der Waals surface area (Å²) >= 11 is 0. The van der Waals surface area contributed by atoms with Crippen LogP contribution < -0.4 is 4.74 Å². The highest BCUT2D eigenvalue weighted by Crippen LogP contribution is 2.25. The number of ketones is 1. The highest BCUT2D eigenvalue weighted by atomic mass is 16.7. The van der Waals surface area contributed by atoms with Crippen molar-refractivity contribution in [1.29, 1.82) is 0 Å². The van der Waals surface area contributed by atoms with E-state index < -0.39 is 6.16 Å². The van der Waals surface area contributed by atoms with Crippen molar-refractivity contribution < 1.29 is 23.9 Å². The van der Waals surface area contributed by atoms with E-state index in [2.05, 4.69) is 6.92 Å². The number of ether oxygens (including phenoxy) is 2. The first kappa shape index (κ1) is 18.2. The zero-order valence-electron chi connectivity index (χ0n) is 14.0. The number of unbranched alkanes of at least 4 members (excludes halogenated alkanes) is 4. The second-order valence-corrected chi connectivity index (χ2v) is 6.07. The van der Waals surface area contributed by atoms with Crippen LogP contribution in [0.3, 0.4) is 0 Å². The molecule has 1 aromatic carbocycles. The fourth-order valence-corrected chi connectivity index (χ4v) is 2.34. The molecule has 0 unspecified atom stereocenters. The van der Waals surface area contributed by atoms with Gasteiger partial charge in [0.05, 0.1) is 5.56 Å². The van der Waals surface area contributed by atoms with Crippen molar-refractivity contribution >= 4 is 18.2 Å². The monoisotopic (exact) mass is 331 g/mol. The lowest BCUT2D eigenvalue weighted by atomic mass is 10.0. The Bertz CT molecular complexity index is 589. The molecule has 2 rings (SSSR count). The van der Waals surface area contributed by atoms with Crippen LogP contribution in [0.2, 0.25) is 0 Å². The van der Waals surface area contributed by atoms with E-state index in [1.165, 1.54) is 18.6 Å². The Labute approximate surface area is 142 Å². The third-order valence-corrected chi connectivity index (χ3v) is 3.90. The maximum atomic E-state index is 12.2. The first-order valence-corrected chi connectivity index (χ1v) is 8.58. The molecule has 1 radical (unpaired) electrons.